The molecule has 0 spiro atoms. The Morgan fingerprint density at radius 3 is 2.75 bits per heavy atom. The SMILES string of the molecule is CC(=O)NC(Cc1cccc(F)c1)C(=O)N1CCn2ncc(C(=O)N3CCc4nccn4CC3)c2C1. The molecular formula is C25H28FN7O3. The summed E-state index contributed by atoms with van der Waals surface area (Å²) in [5, 5.41) is 7.10. The fourth-order valence-corrected chi connectivity index (χ4v) is 4.90. The van der Waals surface area contributed by atoms with Crippen molar-refractivity contribution in [1.82, 2.24) is 34.4 Å². The summed E-state index contributed by atoms with van der Waals surface area (Å²) in [4.78, 5) is 46.5. The summed E-state index contributed by atoms with van der Waals surface area (Å²) < 4.78 is 17.5. The summed E-state index contributed by atoms with van der Waals surface area (Å²) >= 11 is 0. The molecule has 0 saturated carbocycles. The van der Waals surface area contributed by atoms with E-state index in [0.29, 0.717) is 56.0 Å². The van der Waals surface area contributed by atoms with Gasteiger partial charge in [-0.05, 0) is 17.7 Å². The van der Waals surface area contributed by atoms with E-state index in [1.54, 1.807) is 39.0 Å². The zero-order valence-electron chi connectivity index (χ0n) is 20.1. The average molecular weight is 494 g/mol. The number of benzene rings is 1. The van der Waals surface area contributed by atoms with Gasteiger partial charge in [-0.3, -0.25) is 19.1 Å². The first-order valence-electron chi connectivity index (χ1n) is 12.0. The molecule has 5 rings (SSSR count). The minimum absolute atomic E-state index is 0.116. The molecule has 1 aromatic carbocycles. The highest BCUT2D eigenvalue weighted by atomic mass is 19.1. The molecule has 3 amide bonds. The van der Waals surface area contributed by atoms with E-state index in [-0.39, 0.29) is 30.7 Å². The monoisotopic (exact) mass is 493 g/mol. The Morgan fingerprint density at radius 1 is 1.11 bits per heavy atom. The standard InChI is InChI=1S/C25H28FN7O3/c1-17(34)29-21(14-18-3-2-4-19(26)13-18)25(36)32-11-12-33-22(16-32)20(15-28-33)24(35)31-7-5-23-27-6-8-30(23)9-10-31/h2-4,6,8,13,15,21H,5,7,9-12,14,16H2,1H3,(H,29,34). The van der Waals surface area contributed by atoms with E-state index in [1.165, 1.54) is 19.1 Å². The predicted octanol–water partition coefficient (Wildman–Crippen LogP) is 1.01. The van der Waals surface area contributed by atoms with Crippen molar-refractivity contribution in [2.75, 3.05) is 19.6 Å². The molecule has 0 radical (unpaired) electrons. The fraction of sp³-hybridized carbons (Fsp3) is 0.400. The highest BCUT2D eigenvalue weighted by Gasteiger charge is 2.32. The first-order chi connectivity index (χ1) is 17.4. The van der Waals surface area contributed by atoms with Crippen LogP contribution in [0.15, 0.2) is 42.9 Å². The number of nitrogens with zero attached hydrogens (tertiary/aromatic N) is 6. The van der Waals surface area contributed by atoms with Crippen LogP contribution in [0.2, 0.25) is 0 Å². The molecule has 2 aliphatic rings. The summed E-state index contributed by atoms with van der Waals surface area (Å²) in [6.45, 7) is 4.18. The van der Waals surface area contributed by atoms with Gasteiger partial charge in [0.1, 0.15) is 17.7 Å². The Kier molecular flexibility index (Phi) is 6.53. The van der Waals surface area contributed by atoms with Crippen LogP contribution in [-0.2, 0) is 42.1 Å². The Hall–Kier alpha value is -4.02. The topological polar surface area (TPSA) is 105 Å². The molecule has 4 heterocycles. The summed E-state index contributed by atoms with van der Waals surface area (Å²) in [7, 11) is 0. The van der Waals surface area contributed by atoms with E-state index in [1.807, 2.05) is 6.20 Å². The normalized spacial score (nSPS) is 16.1. The van der Waals surface area contributed by atoms with Gasteiger partial charge in [-0.15, -0.1) is 0 Å². The molecule has 1 N–H and O–H groups in total. The van der Waals surface area contributed by atoms with Crippen molar-refractivity contribution in [3.63, 3.8) is 0 Å². The molecule has 0 saturated heterocycles. The van der Waals surface area contributed by atoms with Crippen LogP contribution in [0.3, 0.4) is 0 Å². The number of imidazole rings is 1. The lowest BCUT2D eigenvalue weighted by atomic mass is 10.0. The summed E-state index contributed by atoms with van der Waals surface area (Å²) in [6.07, 6.45) is 6.11. The molecule has 11 heteroatoms. The molecule has 0 bridgehead atoms. The molecule has 2 aliphatic heterocycles. The molecule has 3 aromatic rings. The lowest BCUT2D eigenvalue weighted by Gasteiger charge is -2.32. The Bertz CT molecular complexity index is 1280. The van der Waals surface area contributed by atoms with Crippen LogP contribution in [0.5, 0.6) is 0 Å². The molecule has 0 aliphatic carbocycles. The lowest BCUT2D eigenvalue weighted by molar-refractivity contribution is -0.137. The van der Waals surface area contributed by atoms with E-state index < -0.39 is 11.9 Å². The number of fused-ring (bicyclic) bond motifs is 2. The maximum atomic E-state index is 13.7. The minimum Gasteiger partial charge on any atom is -0.344 e. The summed E-state index contributed by atoms with van der Waals surface area (Å²) in [6, 6.07) is 5.15. The second-order valence-corrected chi connectivity index (χ2v) is 9.15. The highest BCUT2D eigenvalue weighted by molar-refractivity contribution is 5.95. The van der Waals surface area contributed by atoms with Crippen LogP contribution in [0.4, 0.5) is 4.39 Å². The zero-order chi connectivity index (χ0) is 25.2. The largest absolute Gasteiger partial charge is 0.344 e. The van der Waals surface area contributed by atoms with Gasteiger partial charge in [0, 0.05) is 58.3 Å². The molecule has 36 heavy (non-hydrogen) atoms. The molecular weight excluding hydrogens is 465 g/mol. The van der Waals surface area contributed by atoms with Crippen LogP contribution >= 0.6 is 0 Å². The Labute approximate surface area is 207 Å². The molecule has 1 atom stereocenters. The molecule has 1 unspecified atom stereocenters. The highest BCUT2D eigenvalue weighted by Crippen LogP contribution is 2.21. The Balaban J connectivity index is 1.31. The minimum atomic E-state index is -0.842. The second-order valence-electron chi connectivity index (χ2n) is 9.15. The van der Waals surface area contributed by atoms with Crippen LogP contribution in [0, 0.1) is 5.82 Å². The third-order valence-electron chi connectivity index (χ3n) is 6.72. The van der Waals surface area contributed by atoms with E-state index in [9.17, 15) is 18.8 Å². The number of halogens is 1. The smallest absolute Gasteiger partial charge is 0.257 e. The van der Waals surface area contributed by atoms with E-state index in [4.69, 9.17) is 0 Å². The number of carbonyl (C=O) groups is 3. The molecule has 188 valence electrons. The van der Waals surface area contributed by atoms with Crippen molar-refractivity contribution in [3.05, 3.63) is 71.3 Å². The number of amides is 3. The van der Waals surface area contributed by atoms with Gasteiger partial charge >= 0.3 is 0 Å². The van der Waals surface area contributed by atoms with Gasteiger partial charge in [0.25, 0.3) is 5.91 Å². The number of nitrogens with one attached hydrogen (secondary N) is 1. The van der Waals surface area contributed by atoms with Crippen molar-refractivity contribution < 1.29 is 18.8 Å². The van der Waals surface area contributed by atoms with Gasteiger partial charge in [0.05, 0.1) is 30.5 Å². The number of rotatable bonds is 5. The number of hydrogen-bond donors (Lipinski definition) is 1. The third-order valence-corrected chi connectivity index (χ3v) is 6.72. The van der Waals surface area contributed by atoms with Crippen LogP contribution in [-0.4, -0.2) is 72.5 Å². The molecule has 0 fully saturated rings. The number of hydrogen-bond acceptors (Lipinski definition) is 5. The lowest BCUT2D eigenvalue weighted by Crippen LogP contribution is -2.51. The second kappa shape index (κ2) is 9.92. The number of carbonyl (C=O) groups excluding carboxylic acids is 3. The van der Waals surface area contributed by atoms with Crippen molar-refractivity contribution in [1.29, 1.82) is 0 Å². The van der Waals surface area contributed by atoms with Gasteiger partial charge in [0.2, 0.25) is 11.8 Å². The van der Waals surface area contributed by atoms with E-state index in [2.05, 4.69) is 20.0 Å². The maximum absolute atomic E-state index is 13.7. The van der Waals surface area contributed by atoms with Gasteiger partial charge in [-0.1, -0.05) is 12.1 Å². The van der Waals surface area contributed by atoms with Gasteiger partial charge in [0.15, 0.2) is 0 Å². The summed E-state index contributed by atoms with van der Waals surface area (Å²) in [5.74, 6) is -0.177. The van der Waals surface area contributed by atoms with Crippen molar-refractivity contribution in [3.8, 4) is 0 Å². The van der Waals surface area contributed by atoms with Crippen LogP contribution < -0.4 is 5.32 Å². The van der Waals surface area contributed by atoms with Gasteiger partial charge < -0.3 is 19.7 Å². The average Bonchev–Trinajstić information content (AvgIpc) is 3.44. The number of aromatic nitrogens is 4. The van der Waals surface area contributed by atoms with Crippen molar-refractivity contribution in [2.24, 2.45) is 0 Å². The van der Waals surface area contributed by atoms with Gasteiger partial charge in [-0.25, -0.2) is 9.37 Å². The maximum Gasteiger partial charge on any atom is 0.257 e. The van der Waals surface area contributed by atoms with Crippen LogP contribution in [0.25, 0.3) is 0 Å². The van der Waals surface area contributed by atoms with Crippen LogP contribution in [0.1, 0.15) is 34.4 Å². The fourth-order valence-electron chi connectivity index (χ4n) is 4.90. The third kappa shape index (κ3) is 4.86. The van der Waals surface area contributed by atoms with E-state index >= 15 is 0 Å². The first kappa shape index (κ1) is 23.7. The first-order valence-corrected chi connectivity index (χ1v) is 12.0. The Morgan fingerprint density at radius 2 is 1.94 bits per heavy atom. The van der Waals surface area contributed by atoms with Gasteiger partial charge in [-0.2, -0.15) is 5.10 Å². The quantitative estimate of drug-likeness (QED) is 0.571. The molecule has 2 aromatic heterocycles. The molecule has 10 nitrogen and oxygen atoms in total. The van der Waals surface area contributed by atoms with E-state index in [0.717, 1.165) is 5.82 Å². The van der Waals surface area contributed by atoms with Crippen molar-refractivity contribution in [2.45, 2.75) is 45.4 Å². The zero-order valence-corrected chi connectivity index (χ0v) is 20.1. The predicted molar refractivity (Wildman–Crippen MR) is 127 cm³/mol. The van der Waals surface area contributed by atoms with Crippen molar-refractivity contribution >= 4 is 17.7 Å². The summed E-state index contributed by atoms with van der Waals surface area (Å²) in [5.41, 5.74) is 1.77.